The van der Waals surface area contributed by atoms with E-state index in [1.807, 2.05) is 39.0 Å². The molecule has 0 spiro atoms. The van der Waals surface area contributed by atoms with Crippen LogP contribution in [0.25, 0.3) is 6.08 Å². The van der Waals surface area contributed by atoms with E-state index >= 15 is 0 Å². The average Bonchev–Trinajstić information content (AvgIpc) is 2.16. The molecule has 0 amide bonds. The van der Waals surface area contributed by atoms with Crippen LogP contribution in [-0.2, 0) is 0 Å². The Kier molecular flexibility index (Phi) is 2.14. The summed E-state index contributed by atoms with van der Waals surface area (Å²) in [5.74, 6) is 0.852. The highest BCUT2D eigenvalue weighted by Crippen LogP contribution is 2.33. The monoisotopic (exact) mass is 202 g/mol. The van der Waals surface area contributed by atoms with Crippen molar-refractivity contribution in [2.75, 3.05) is 0 Å². The molecule has 1 aliphatic rings. The van der Waals surface area contributed by atoms with Crippen LogP contribution in [0.4, 0.5) is 0 Å². The summed E-state index contributed by atoms with van der Waals surface area (Å²) in [4.78, 5) is 10.8. The fraction of sp³-hybridized carbons (Fsp3) is 0.308. The SMILES string of the molecule is Cc1c(C=O)ccc2c1C=CC(C)(C)O2. The third-order valence-electron chi connectivity index (χ3n) is 2.67. The van der Waals surface area contributed by atoms with Crippen LogP contribution < -0.4 is 4.74 Å². The van der Waals surface area contributed by atoms with Gasteiger partial charge in [0, 0.05) is 11.1 Å². The molecule has 0 aliphatic carbocycles. The molecule has 0 fully saturated rings. The molecular formula is C13H14O2. The number of aldehydes is 1. The van der Waals surface area contributed by atoms with Crippen LogP contribution >= 0.6 is 0 Å². The van der Waals surface area contributed by atoms with Gasteiger partial charge in [0.05, 0.1) is 0 Å². The maximum absolute atomic E-state index is 10.8. The van der Waals surface area contributed by atoms with Crippen LogP contribution in [0, 0.1) is 6.92 Å². The summed E-state index contributed by atoms with van der Waals surface area (Å²) >= 11 is 0. The van der Waals surface area contributed by atoms with Gasteiger partial charge < -0.3 is 4.74 Å². The van der Waals surface area contributed by atoms with Crippen molar-refractivity contribution in [2.24, 2.45) is 0 Å². The Bertz CT molecular complexity index is 442. The van der Waals surface area contributed by atoms with Crippen molar-refractivity contribution >= 4 is 12.4 Å². The third-order valence-corrected chi connectivity index (χ3v) is 2.67. The normalized spacial score (nSPS) is 16.7. The van der Waals surface area contributed by atoms with Gasteiger partial charge in [0.25, 0.3) is 0 Å². The van der Waals surface area contributed by atoms with Gasteiger partial charge >= 0.3 is 0 Å². The fourth-order valence-electron chi connectivity index (χ4n) is 1.75. The minimum atomic E-state index is -0.262. The number of benzene rings is 1. The molecule has 0 saturated carbocycles. The van der Waals surface area contributed by atoms with E-state index in [4.69, 9.17) is 4.74 Å². The summed E-state index contributed by atoms with van der Waals surface area (Å²) in [6.07, 6.45) is 4.92. The average molecular weight is 202 g/mol. The molecule has 0 N–H and O–H groups in total. The topological polar surface area (TPSA) is 26.3 Å². The Balaban J connectivity index is 2.57. The van der Waals surface area contributed by atoms with Crippen molar-refractivity contribution in [1.82, 2.24) is 0 Å². The standard InChI is InChI=1S/C13H14O2/c1-9-10(8-14)4-5-12-11(9)6-7-13(2,3)15-12/h4-8H,1-3H3. The molecule has 2 heteroatoms. The number of carbonyl (C=O) groups is 1. The summed E-state index contributed by atoms with van der Waals surface area (Å²) in [7, 11) is 0. The molecule has 0 unspecified atom stereocenters. The molecule has 1 heterocycles. The summed E-state index contributed by atoms with van der Waals surface area (Å²) < 4.78 is 5.80. The van der Waals surface area contributed by atoms with Crippen molar-refractivity contribution in [3.05, 3.63) is 34.9 Å². The zero-order valence-electron chi connectivity index (χ0n) is 9.20. The molecule has 2 rings (SSSR count). The maximum atomic E-state index is 10.8. The van der Waals surface area contributed by atoms with Crippen molar-refractivity contribution in [3.8, 4) is 5.75 Å². The molecule has 0 radical (unpaired) electrons. The molecule has 78 valence electrons. The quantitative estimate of drug-likeness (QED) is 0.654. The van der Waals surface area contributed by atoms with Crippen LogP contribution in [0.5, 0.6) is 5.75 Å². The number of hydrogen-bond acceptors (Lipinski definition) is 2. The van der Waals surface area contributed by atoms with Gasteiger partial charge in [-0.3, -0.25) is 4.79 Å². The fourth-order valence-corrected chi connectivity index (χ4v) is 1.75. The lowest BCUT2D eigenvalue weighted by Gasteiger charge is -2.28. The van der Waals surface area contributed by atoms with Gasteiger partial charge in [-0.2, -0.15) is 0 Å². The molecule has 0 bridgehead atoms. The zero-order chi connectivity index (χ0) is 11.1. The number of rotatable bonds is 1. The van der Waals surface area contributed by atoms with Crippen molar-refractivity contribution in [2.45, 2.75) is 26.4 Å². The Hall–Kier alpha value is -1.57. The third kappa shape index (κ3) is 1.67. The second kappa shape index (κ2) is 3.23. The van der Waals surface area contributed by atoms with Crippen LogP contribution in [-0.4, -0.2) is 11.9 Å². The Morgan fingerprint density at radius 3 is 2.73 bits per heavy atom. The van der Waals surface area contributed by atoms with Gasteiger partial charge in [-0.05, 0) is 44.5 Å². The first-order valence-corrected chi connectivity index (χ1v) is 5.00. The van der Waals surface area contributed by atoms with Gasteiger partial charge in [0.1, 0.15) is 17.6 Å². The van der Waals surface area contributed by atoms with Crippen LogP contribution in [0.2, 0.25) is 0 Å². The van der Waals surface area contributed by atoms with E-state index in [1.54, 1.807) is 6.07 Å². The predicted octanol–water partition coefficient (Wildman–Crippen LogP) is 2.99. The summed E-state index contributed by atoms with van der Waals surface area (Å²) in [5, 5.41) is 0. The molecule has 15 heavy (non-hydrogen) atoms. The highest BCUT2D eigenvalue weighted by atomic mass is 16.5. The van der Waals surface area contributed by atoms with Gasteiger partial charge in [0.15, 0.2) is 0 Å². The minimum absolute atomic E-state index is 0.262. The lowest BCUT2D eigenvalue weighted by Crippen LogP contribution is -2.27. The molecule has 1 aromatic carbocycles. The molecule has 1 aromatic rings. The van der Waals surface area contributed by atoms with E-state index in [0.29, 0.717) is 0 Å². The summed E-state index contributed by atoms with van der Waals surface area (Å²) in [6, 6.07) is 3.66. The second-order valence-electron chi connectivity index (χ2n) is 4.35. The lowest BCUT2D eigenvalue weighted by atomic mass is 9.96. The zero-order valence-corrected chi connectivity index (χ0v) is 9.20. The van der Waals surface area contributed by atoms with E-state index in [2.05, 4.69) is 0 Å². The van der Waals surface area contributed by atoms with E-state index in [9.17, 15) is 4.79 Å². The van der Waals surface area contributed by atoms with E-state index in [1.165, 1.54) is 0 Å². The highest BCUT2D eigenvalue weighted by Gasteiger charge is 2.22. The first kappa shape index (κ1) is 9.97. The summed E-state index contributed by atoms with van der Waals surface area (Å²) in [6.45, 7) is 5.96. The number of fused-ring (bicyclic) bond motifs is 1. The Morgan fingerprint density at radius 2 is 2.07 bits per heavy atom. The van der Waals surface area contributed by atoms with Gasteiger partial charge in [0.2, 0.25) is 0 Å². The molecular weight excluding hydrogens is 188 g/mol. The molecule has 1 aliphatic heterocycles. The van der Waals surface area contributed by atoms with Gasteiger partial charge in [-0.25, -0.2) is 0 Å². The largest absolute Gasteiger partial charge is 0.483 e. The van der Waals surface area contributed by atoms with E-state index in [0.717, 1.165) is 28.7 Å². The van der Waals surface area contributed by atoms with Gasteiger partial charge in [-0.1, -0.05) is 6.08 Å². The van der Waals surface area contributed by atoms with Crippen LogP contribution in [0.15, 0.2) is 18.2 Å². The molecule has 0 aromatic heterocycles. The molecule has 2 nitrogen and oxygen atoms in total. The first-order chi connectivity index (χ1) is 7.03. The highest BCUT2D eigenvalue weighted by molar-refractivity contribution is 5.81. The molecule has 0 saturated heterocycles. The van der Waals surface area contributed by atoms with Gasteiger partial charge in [-0.15, -0.1) is 0 Å². The number of ether oxygens (including phenoxy) is 1. The smallest absolute Gasteiger partial charge is 0.150 e. The lowest BCUT2D eigenvalue weighted by molar-refractivity contribution is 0.112. The second-order valence-corrected chi connectivity index (χ2v) is 4.35. The van der Waals surface area contributed by atoms with Crippen molar-refractivity contribution in [1.29, 1.82) is 0 Å². The first-order valence-electron chi connectivity index (χ1n) is 5.00. The van der Waals surface area contributed by atoms with Crippen molar-refractivity contribution < 1.29 is 9.53 Å². The summed E-state index contributed by atoms with van der Waals surface area (Å²) in [5.41, 5.74) is 2.46. The van der Waals surface area contributed by atoms with Crippen LogP contribution in [0.3, 0.4) is 0 Å². The van der Waals surface area contributed by atoms with E-state index in [-0.39, 0.29) is 5.60 Å². The Labute approximate surface area is 89.6 Å². The number of hydrogen-bond donors (Lipinski definition) is 0. The predicted molar refractivity (Wildman–Crippen MR) is 60.3 cm³/mol. The Morgan fingerprint density at radius 1 is 1.33 bits per heavy atom. The minimum Gasteiger partial charge on any atom is -0.483 e. The number of carbonyl (C=O) groups excluding carboxylic acids is 1. The maximum Gasteiger partial charge on any atom is 0.150 e. The van der Waals surface area contributed by atoms with Crippen LogP contribution in [0.1, 0.15) is 35.3 Å². The van der Waals surface area contributed by atoms with E-state index < -0.39 is 0 Å². The van der Waals surface area contributed by atoms with Crippen molar-refractivity contribution in [3.63, 3.8) is 0 Å². The molecule has 0 atom stereocenters.